The van der Waals surface area contributed by atoms with Crippen LogP contribution in [0.4, 0.5) is 0 Å². The van der Waals surface area contributed by atoms with Crippen LogP contribution in [-0.4, -0.2) is 42.2 Å². The smallest absolute Gasteiger partial charge is 0.234 e. The lowest BCUT2D eigenvalue weighted by Gasteiger charge is -2.17. The Morgan fingerprint density at radius 2 is 2.44 bits per heavy atom. The molecule has 1 saturated heterocycles. The molecule has 0 spiro atoms. The largest absolute Gasteiger partial charge is 0.384 e. The number of hydrogen-bond donors (Lipinski definition) is 2. The van der Waals surface area contributed by atoms with Crippen LogP contribution in [0.15, 0.2) is 11.4 Å². The maximum atomic E-state index is 11.5. The van der Waals surface area contributed by atoms with Crippen molar-refractivity contribution in [3.05, 3.63) is 21.9 Å². The number of thiophene rings is 1. The summed E-state index contributed by atoms with van der Waals surface area (Å²) in [6.45, 7) is 2.76. The number of nitrogens with one attached hydrogen (secondary N) is 1. The molecule has 1 fully saturated rings. The lowest BCUT2D eigenvalue weighted by molar-refractivity contribution is -0.121. The molecule has 0 unspecified atom stereocenters. The minimum Gasteiger partial charge on any atom is -0.384 e. The highest BCUT2D eigenvalue weighted by atomic mass is 32.1. The average Bonchev–Trinajstić information content (AvgIpc) is 2.68. The summed E-state index contributed by atoms with van der Waals surface area (Å²) in [5.41, 5.74) is 0.957. The van der Waals surface area contributed by atoms with Crippen molar-refractivity contribution in [2.24, 2.45) is 0 Å². The lowest BCUT2D eigenvalue weighted by Crippen LogP contribution is -2.32. The Balaban J connectivity index is 2.04. The van der Waals surface area contributed by atoms with Gasteiger partial charge in [0, 0.05) is 30.1 Å². The molecule has 0 aromatic carbocycles. The van der Waals surface area contributed by atoms with Gasteiger partial charge in [-0.1, -0.05) is 11.8 Å². The van der Waals surface area contributed by atoms with Crippen LogP contribution in [0.3, 0.4) is 0 Å². The van der Waals surface area contributed by atoms with Crippen LogP contribution in [0.5, 0.6) is 0 Å². The van der Waals surface area contributed by atoms with E-state index in [0.717, 1.165) is 36.5 Å². The summed E-state index contributed by atoms with van der Waals surface area (Å²) < 4.78 is 0. The fourth-order valence-electron chi connectivity index (χ4n) is 1.92. The second kappa shape index (κ2) is 6.55. The van der Waals surface area contributed by atoms with E-state index in [1.54, 1.807) is 11.3 Å². The van der Waals surface area contributed by atoms with E-state index in [2.05, 4.69) is 22.1 Å². The van der Waals surface area contributed by atoms with Crippen molar-refractivity contribution in [3.8, 4) is 11.8 Å². The number of rotatable bonds is 2. The Bertz CT molecular complexity index is 473. The summed E-state index contributed by atoms with van der Waals surface area (Å²) in [7, 11) is 0. The normalized spacial score (nSPS) is 16.6. The van der Waals surface area contributed by atoms with Crippen molar-refractivity contribution in [2.45, 2.75) is 13.0 Å². The van der Waals surface area contributed by atoms with Crippen LogP contribution in [0.2, 0.25) is 0 Å². The monoisotopic (exact) mass is 264 g/mol. The zero-order chi connectivity index (χ0) is 12.8. The highest BCUT2D eigenvalue weighted by Crippen LogP contribution is 2.18. The highest BCUT2D eigenvalue weighted by molar-refractivity contribution is 7.10. The van der Waals surface area contributed by atoms with Crippen LogP contribution in [0, 0.1) is 11.8 Å². The fourth-order valence-corrected chi connectivity index (χ4v) is 2.79. The van der Waals surface area contributed by atoms with Gasteiger partial charge in [0.25, 0.3) is 0 Å². The summed E-state index contributed by atoms with van der Waals surface area (Å²) in [6, 6.07) is 1.96. The van der Waals surface area contributed by atoms with E-state index in [4.69, 9.17) is 5.11 Å². The van der Waals surface area contributed by atoms with Crippen molar-refractivity contribution in [2.75, 3.05) is 26.2 Å². The second-order valence-electron chi connectivity index (χ2n) is 4.13. The van der Waals surface area contributed by atoms with Crippen LogP contribution in [0.1, 0.15) is 16.9 Å². The quantitative estimate of drug-likeness (QED) is 0.761. The van der Waals surface area contributed by atoms with Gasteiger partial charge in [-0.25, -0.2) is 0 Å². The second-order valence-corrected chi connectivity index (χ2v) is 5.13. The maximum Gasteiger partial charge on any atom is 0.234 e. The molecule has 96 valence electrons. The molecule has 4 nitrogen and oxygen atoms in total. The van der Waals surface area contributed by atoms with E-state index in [9.17, 15) is 4.79 Å². The van der Waals surface area contributed by atoms with Gasteiger partial charge in [0.15, 0.2) is 0 Å². The number of carbonyl (C=O) groups excluding carboxylic acids is 1. The highest BCUT2D eigenvalue weighted by Gasteiger charge is 2.16. The maximum absolute atomic E-state index is 11.5. The third-order valence-electron chi connectivity index (χ3n) is 2.76. The van der Waals surface area contributed by atoms with Crippen molar-refractivity contribution in [1.82, 2.24) is 10.2 Å². The molecule has 0 bridgehead atoms. The Hall–Kier alpha value is -1.35. The fraction of sp³-hybridized carbons (Fsp3) is 0.462. The predicted octanol–water partition coefficient (Wildman–Crippen LogP) is 0.414. The van der Waals surface area contributed by atoms with Gasteiger partial charge in [0.05, 0.1) is 6.54 Å². The average molecular weight is 264 g/mol. The molecule has 18 heavy (non-hydrogen) atoms. The minimum absolute atomic E-state index is 0.0899. The number of nitrogens with zero attached hydrogens (tertiary/aromatic N) is 1. The summed E-state index contributed by atoms with van der Waals surface area (Å²) in [5.74, 6) is 5.70. The van der Waals surface area contributed by atoms with Gasteiger partial charge in [0.2, 0.25) is 5.91 Å². The first-order valence-electron chi connectivity index (χ1n) is 5.95. The van der Waals surface area contributed by atoms with Crippen LogP contribution < -0.4 is 5.32 Å². The molecule has 1 aliphatic heterocycles. The molecule has 0 aliphatic carbocycles. The van der Waals surface area contributed by atoms with E-state index in [1.165, 1.54) is 0 Å². The van der Waals surface area contributed by atoms with Crippen LogP contribution in [-0.2, 0) is 11.3 Å². The number of carbonyl (C=O) groups is 1. The van der Waals surface area contributed by atoms with E-state index >= 15 is 0 Å². The molecule has 1 aromatic heterocycles. The Morgan fingerprint density at radius 3 is 3.28 bits per heavy atom. The van der Waals surface area contributed by atoms with Crippen molar-refractivity contribution >= 4 is 17.2 Å². The molecular weight excluding hydrogens is 248 g/mol. The SMILES string of the molecule is O=C1CN(Cc2sccc2C#CCO)CCCN1. The number of aliphatic hydroxyl groups is 1. The van der Waals surface area contributed by atoms with E-state index in [-0.39, 0.29) is 12.5 Å². The van der Waals surface area contributed by atoms with Crippen LogP contribution in [0.25, 0.3) is 0 Å². The van der Waals surface area contributed by atoms with E-state index in [0.29, 0.717) is 6.54 Å². The lowest BCUT2D eigenvalue weighted by atomic mass is 10.2. The van der Waals surface area contributed by atoms with Crippen molar-refractivity contribution in [1.29, 1.82) is 0 Å². The first-order valence-corrected chi connectivity index (χ1v) is 6.82. The third-order valence-corrected chi connectivity index (χ3v) is 3.66. The van der Waals surface area contributed by atoms with E-state index in [1.807, 2.05) is 11.4 Å². The molecule has 1 amide bonds. The van der Waals surface area contributed by atoms with Gasteiger partial charge in [-0.05, 0) is 17.9 Å². The van der Waals surface area contributed by atoms with Gasteiger partial charge < -0.3 is 10.4 Å². The Labute approximate surface area is 111 Å². The topological polar surface area (TPSA) is 52.6 Å². The minimum atomic E-state index is -0.124. The van der Waals surface area contributed by atoms with Gasteiger partial charge in [-0.15, -0.1) is 11.3 Å². The summed E-state index contributed by atoms with van der Waals surface area (Å²) in [5, 5.41) is 13.6. The molecule has 2 rings (SSSR count). The molecule has 1 aliphatic rings. The first-order chi connectivity index (χ1) is 8.79. The molecule has 0 atom stereocenters. The first kappa shape index (κ1) is 13.1. The zero-order valence-electron chi connectivity index (χ0n) is 10.1. The van der Waals surface area contributed by atoms with Crippen molar-refractivity contribution < 1.29 is 9.90 Å². The van der Waals surface area contributed by atoms with Crippen molar-refractivity contribution in [3.63, 3.8) is 0 Å². The number of amides is 1. The van der Waals surface area contributed by atoms with Gasteiger partial charge in [-0.3, -0.25) is 9.69 Å². The van der Waals surface area contributed by atoms with E-state index < -0.39 is 0 Å². The summed E-state index contributed by atoms with van der Waals surface area (Å²) >= 11 is 1.64. The predicted molar refractivity (Wildman–Crippen MR) is 71.2 cm³/mol. The molecule has 0 saturated carbocycles. The van der Waals surface area contributed by atoms with Gasteiger partial charge in [0.1, 0.15) is 6.61 Å². The standard InChI is InChI=1S/C13H16N2O2S/c16-7-1-3-11-4-8-18-12(11)9-15-6-2-5-14-13(17)10-15/h4,8,16H,2,5-7,9-10H2,(H,14,17). The third kappa shape index (κ3) is 3.57. The Kier molecular flexibility index (Phi) is 4.76. The molecular formula is C13H16N2O2S. The van der Waals surface area contributed by atoms with Gasteiger partial charge in [-0.2, -0.15) is 0 Å². The Morgan fingerprint density at radius 1 is 1.56 bits per heavy atom. The molecule has 5 heteroatoms. The van der Waals surface area contributed by atoms with Gasteiger partial charge >= 0.3 is 0 Å². The molecule has 2 heterocycles. The molecule has 2 N–H and O–H groups in total. The summed E-state index contributed by atoms with van der Waals surface area (Å²) in [4.78, 5) is 14.8. The van der Waals surface area contributed by atoms with Crippen LogP contribution >= 0.6 is 11.3 Å². The molecule has 0 radical (unpaired) electrons. The molecule has 1 aromatic rings. The summed E-state index contributed by atoms with van der Waals surface area (Å²) in [6.07, 6.45) is 0.981. The number of aliphatic hydroxyl groups excluding tert-OH is 1. The zero-order valence-corrected chi connectivity index (χ0v) is 10.9. The number of hydrogen-bond acceptors (Lipinski definition) is 4.